The van der Waals surface area contributed by atoms with E-state index >= 15 is 0 Å². The lowest BCUT2D eigenvalue weighted by atomic mass is 9.65. The normalized spacial score (nSPS) is 23.2. The van der Waals surface area contributed by atoms with Crippen molar-refractivity contribution in [1.82, 2.24) is 0 Å². The maximum absolute atomic E-state index is 12.9. The van der Waals surface area contributed by atoms with E-state index in [0.29, 0.717) is 19.3 Å². The number of fused-ring (bicyclic) bond motifs is 1. The van der Waals surface area contributed by atoms with Crippen LogP contribution >= 0.6 is 0 Å². The van der Waals surface area contributed by atoms with Gasteiger partial charge in [0.1, 0.15) is 12.2 Å². The van der Waals surface area contributed by atoms with Crippen LogP contribution in [0, 0.1) is 10.8 Å². The molecular formula is C66H104O5. The van der Waals surface area contributed by atoms with Gasteiger partial charge in [0.15, 0.2) is 0 Å². The first kappa shape index (κ1) is 61.6. The van der Waals surface area contributed by atoms with Gasteiger partial charge in [-0.3, -0.25) is 9.59 Å². The molecule has 398 valence electrons. The molecule has 3 rings (SSSR count). The fraction of sp³-hybridized carbons (Fsp3) is 0.667. The number of carbonyl (C=O) groups excluding carboxylic acids is 2. The Kier molecular flexibility index (Phi) is 28.8. The SMILES string of the molecule is CCCCCCCCCCCCCC(=O)O[C@@H]1CC(C)=C(/C=C/C(C)=C/C=C/C(C)=C/C=C/C=C(C)/C=C/C=C(\C)C2C=C3C(C)(C)C[C@H](OC(=O)CCCCCCCCCCC)C[C@@]3(C)O2)C(C)(C)C1. The minimum atomic E-state index is -0.442. The van der Waals surface area contributed by atoms with Gasteiger partial charge in [-0.1, -0.05) is 252 Å². The van der Waals surface area contributed by atoms with Crippen LogP contribution in [-0.4, -0.2) is 35.9 Å². The van der Waals surface area contributed by atoms with Crippen LogP contribution in [-0.2, 0) is 23.8 Å². The summed E-state index contributed by atoms with van der Waals surface area (Å²) in [6.07, 6.45) is 57.3. The second-order valence-corrected chi connectivity index (χ2v) is 23.3. The molecule has 0 spiro atoms. The van der Waals surface area contributed by atoms with E-state index in [9.17, 15) is 9.59 Å². The largest absolute Gasteiger partial charge is 0.462 e. The lowest BCUT2D eigenvalue weighted by molar-refractivity contribution is -0.157. The van der Waals surface area contributed by atoms with Crippen LogP contribution in [0.5, 0.6) is 0 Å². The predicted molar refractivity (Wildman–Crippen MR) is 304 cm³/mol. The van der Waals surface area contributed by atoms with Crippen LogP contribution in [0.15, 0.2) is 118 Å². The zero-order chi connectivity index (χ0) is 52.1. The predicted octanol–water partition coefficient (Wildman–Crippen LogP) is 19.5. The minimum absolute atomic E-state index is 0.0293. The standard InChI is InChI=1S/C66H104O5/c1-13-15-17-19-21-23-24-26-28-29-31-43-62(67)69-57-47-56(7)59(64(8,9)49-57)46-45-54(5)40-35-39-52(3)37-33-34-38-53(4)41-36-42-55(6)60-48-61-65(10,11)50-58(51-66(61,12)71-60)70-63(68)44-32-30-27-25-22-20-18-16-14-2/h33-42,45-46,48,57-58,60H,13-32,43-44,47,49-51H2,1-12H3/b34-33+,39-35+,41-36+,46-45+,52-37+,53-38+,54-40+,55-42+/t57-,58+,60?,66-/m1/s1. The molecule has 0 aromatic rings. The molecule has 1 unspecified atom stereocenters. The first-order chi connectivity index (χ1) is 33.9. The maximum Gasteiger partial charge on any atom is 0.306 e. The molecule has 0 saturated heterocycles. The first-order valence-corrected chi connectivity index (χ1v) is 28.8. The molecule has 2 aliphatic carbocycles. The fourth-order valence-electron chi connectivity index (χ4n) is 11.1. The summed E-state index contributed by atoms with van der Waals surface area (Å²) in [5, 5.41) is 0. The summed E-state index contributed by atoms with van der Waals surface area (Å²) in [5.41, 5.74) is 8.07. The number of allylic oxidation sites excluding steroid dienone is 16. The number of rotatable bonds is 33. The lowest BCUT2D eigenvalue weighted by Crippen LogP contribution is -2.46. The van der Waals surface area contributed by atoms with Crippen molar-refractivity contribution in [3.8, 4) is 0 Å². The van der Waals surface area contributed by atoms with Gasteiger partial charge in [0.2, 0.25) is 0 Å². The molecule has 1 fully saturated rings. The summed E-state index contributed by atoms with van der Waals surface area (Å²) < 4.78 is 18.9. The second kappa shape index (κ2) is 33.2. The van der Waals surface area contributed by atoms with E-state index < -0.39 is 5.60 Å². The molecule has 5 nitrogen and oxygen atoms in total. The average Bonchev–Trinajstić information content (AvgIpc) is 3.67. The van der Waals surface area contributed by atoms with E-state index in [-0.39, 0.29) is 41.1 Å². The lowest BCUT2D eigenvalue weighted by Gasteiger charge is -2.45. The molecule has 1 aliphatic heterocycles. The average molecular weight is 978 g/mol. The van der Waals surface area contributed by atoms with Crippen LogP contribution in [0.1, 0.15) is 250 Å². The highest BCUT2D eigenvalue weighted by Crippen LogP contribution is 2.53. The maximum atomic E-state index is 12.9. The van der Waals surface area contributed by atoms with E-state index in [2.05, 4.69) is 162 Å². The molecule has 71 heavy (non-hydrogen) atoms. The van der Waals surface area contributed by atoms with Gasteiger partial charge in [-0.15, -0.1) is 0 Å². The number of hydrogen-bond donors (Lipinski definition) is 0. The van der Waals surface area contributed by atoms with Crippen molar-refractivity contribution >= 4 is 11.9 Å². The Balaban J connectivity index is 1.40. The summed E-state index contributed by atoms with van der Waals surface area (Å²) in [6, 6.07) is 0. The minimum Gasteiger partial charge on any atom is -0.462 e. The van der Waals surface area contributed by atoms with Crippen LogP contribution in [0.4, 0.5) is 0 Å². The molecule has 0 amide bonds. The molecule has 0 aromatic carbocycles. The zero-order valence-electron chi connectivity index (χ0n) is 47.7. The van der Waals surface area contributed by atoms with Gasteiger partial charge in [-0.05, 0) is 101 Å². The molecule has 0 aromatic heterocycles. The smallest absolute Gasteiger partial charge is 0.306 e. The number of ether oxygens (including phenoxy) is 3. The molecule has 1 heterocycles. The Morgan fingerprint density at radius 2 is 0.972 bits per heavy atom. The quantitative estimate of drug-likeness (QED) is 0.0284. The third-order valence-electron chi connectivity index (χ3n) is 15.1. The summed E-state index contributed by atoms with van der Waals surface area (Å²) in [6.45, 7) is 26.5. The van der Waals surface area contributed by atoms with Crippen LogP contribution in [0.25, 0.3) is 0 Å². The van der Waals surface area contributed by atoms with E-state index in [4.69, 9.17) is 14.2 Å². The molecule has 0 radical (unpaired) electrons. The van der Waals surface area contributed by atoms with Crippen molar-refractivity contribution < 1.29 is 23.8 Å². The van der Waals surface area contributed by atoms with E-state index in [1.54, 1.807) is 0 Å². The summed E-state index contributed by atoms with van der Waals surface area (Å²) in [7, 11) is 0. The molecule has 0 bridgehead atoms. The highest BCUT2D eigenvalue weighted by molar-refractivity contribution is 5.70. The number of unbranched alkanes of at least 4 members (excludes halogenated alkanes) is 18. The zero-order valence-corrected chi connectivity index (χ0v) is 47.7. The van der Waals surface area contributed by atoms with Gasteiger partial charge in [-0.2, -0.15) is 0 Å². The van der Waals surface area contributed by atoms with Gasteiger partial charge < -0.3 is 14.2 Å². The van der Waals surface area contributed by atoms with Crippen LogP contribution in [0.2, 0.25) is 0 Å². The summed E-state index contributed by atoms with van der Waals surface area (Å²) in [4.78, 5) is 25.6. The van der Waals surface area contributed by atoms with E-state index in [1.807, 2.05) is 0 Å². The monoisotopic (exact) mass is 977 g/mol. The van der Waals surface area contributed by atoms with Gasteiger partial charge in [-0.25, -0.2) is 0 Å². The van der Waals surface area contributed by atoms with E-state index in [1.165, 1.54) is 131 Å². The first-order valence-electron chi connectivity index (χ1n) is 28.8. The molecule has 1 saturated carbocycles. The Morgan fingerprint density at radius 3 is 1.46 bits per heavy atom. The van der Waals surface area contributed by atoms with Gasteiger partial charge in [0.05, 0.1) is 11.7 Å². The highest BCUT2D eigenvalue weighted by atomic mass is 16.6. The Labute approximate surface area is 436 Å². The Morgan fingerprint density at radius 1 is 0.549 bits per heavy atom. The van der Waals surface area contributed by atoms with Crippen molar-refractivity contribution in [1.29, 1.82) is 0 Å². The van der Waals surface area contributed by atoms with Gasteiger partial charge in [0, 0.05) is 25.7 Å². The topological polar surface area (TPSA) is 61.8 Å². The third-order valence-corrected chi connectivity index (χ3v) is 15.1. The van der Waals surface area contributed by atoms with Crippen LogP contribution in [0.3, 0.4) is 0 Å². The van der Waals surface area contributed by atoms with Crippen molar-refractivity contribution in [2.75, 3.05) is 0 Å². The summed E-state index contributed by atoms with van der Waals surface area (Å²) >= 11 is 0. The third kappa shape index (κ3) is 24.3. The van der Waals surface area contributed by atoms with Gasteiger partial charge in [0.25, 0.3) is 0 Å². The molecular weight excluding hydrogens is 873 g/mol. The molecule has 5 heteroatoms. The number of carbonyl (C=O) groups is 2. The molecule has 3 aliphatic rings. The Bertz CT molecular complexity index is 1940. The number of hydrogen-bond acceptors (Lipinski definition) is 5. The summed E-state index contributed by atoms with van der Waals surface area (Å²) in [5.74, 6) is -0.0864. The Hall–Kier alpha value is -3.70. The van der Waals surface area contributed by atoms with Crippen LogP contribution < -0.4 is 0 Å². The number of esters is 2. The van der Waals surface area contributed by atoms with Crippen molar-refractivity contribution in [3.63, 3.8) is 0 Å². The second-order valence-electron chi connectivity index (χ2n) is 23.3. The van der Waals surface area contributed by atoms with Crippen molar-refractivity contribution in [2.24, 2.45) is 10.8 Å². The van der Waals surface area contributed by atoms with Crippen molar-refractivity contribution in [3.05, 3.63) is 118 Å². The molecule has 0 N–H and O–H groups in total. The van der Waals surface area contributed by atoms with Gasteiger partial charge >= 0.3 is 11.9 Å². The highest BCUT2D eigenvalue weighted by Gasteiger charge is 2.52. The molecule has 4 atom stereocenters. The fourth-order valence-corrected chi connectivity index (χ4v) is 11.1. The van der Waals surface area contributed by atoms with Crippen molar-refractivity contribution in [2.45, 2.75) is 274 Å². The van der Waals surface area contributed by atoms with E-state index in [0.717, 1.165) is 56.1 Å².